The lowest BCUT2D eigenvalue weighted by atomic mass is 10.0. The molecular formula is C33H29NO4. The molecule has 0 unspecified atom stereocenters. The number of aromatic hydroxyl groups is 4. The van der Waals surface area contributed by atoms with Crippen LogP contribution in [0.1, 0.15) is 25.3 Å². The molecule has 0 fully saturated rings. The molecule has 0 aromatic heterocycles. The second-order valence-corrected chi connectivity index (χ2v) is 9.58. The first-order chi connectivity index (χ1) is 18.3. The summed E-state index contributed by atoms with van der Waals surface area (Å²) in [6.45, 7) is 4.34. The first kappa shape index (κ1) is 24.8. The molecule has 38 heavy (non-hydrogen) atoms. The van der Waals surface area contributed by atoms with Crippen LogP contribution in [0.2, 0.25) is 0 Å². The summed E-state index contributed by atoms with van der Waals surface area (Å²) in [5.41, 5.74) is 7.06. The Hall–Kier alpha value is -4.90. The van der Waals surface area contributed by atoms with Crippen LogP contribution in [0, 0.1) is 0 Å². The molecule has 5 nitrogen and oxygen atoms in total. The van der Waals surface area contributed by atoms with Gasteiger partial charge in [0.15, 0.2) is 0 Å². The number of benzene rings is 5. The molecule has 0 aliphatic carbocycles. The predicted octanol–water partition coefficient (Wildman–Crippen LogP) is 8.44. The van der Waals surface area contributed by atoms with Crippen molar-refractivity contribution in [2.45, 2.75) is 19.8 Å². The van der Waals surface area contributed by atoms with E-state index in [0.29, 0.717) is 17.0 Å². The van der Waals surface area contributed by atoms with Crippen molar-refractivity contribution in [3.8, 4) is 45.3 Å². The van der Waals surface area contributed by atoms with Crippen LogP contribution < -0.4 is 4.90 Å². The summed E-state index contributed by atoms with van der Waals surface area (Å²) >= 11 is 0. The minimum Gasteiger partial charge on any atom is -0.508 e. The molecule has 5 aromatic rings. The largest absolute Gasteiger partial charge is 0.508 e. The maximum Gasteiger partial charge on any atom is 0.127 e. The molecule has 5 aromatic carbocycles. The second kappa shape index (κ2) is 10.2. The molecule has 5 rings (SSSR count). The van der Waals surface area contributed by atoms with Crippen molar-refractivity contribution >= 4 is 17.1 Å². The monoisotopic (exact) mass is 503 g/mol. The van der Waals surface area contributed by atoms with Crippen molar-refractivity contribution in [3.63, 3.8) is 0 Å². The van der Waals surface area contributed by atoms with Crippen LogP contribution in [-0.2, 0) is 0 Å². The Morgan fingerprint density at radius 2 is 0.842 bits per heavy atom. The van der Waals surface area contributed by atoms with E-state index in [2.05, 4.69) is 43.0 Å². The maximum absolute atomic E-state index is 10.3. The average molecular weight is 504 g/mol. The fourth-order valence-corrected chi connectivity index (χ4v) is 4.56. The molecule has 5 heteroatoms. The van der Waals surface area contributed by atoms with Gasteiger partial charge in [0.1, 0.15) is 23.0 Å². The highest BCUT2D eigenvalue weighted by atomic mass is 16.3. The number of nitrogens with zero attached hydrogens (tertiary/aromatic N) is 1. The summed E-state index contributed by atoms with van der Waals surface area (Å²) in [5, 5.41) is 39.9. The van der Waals surface area contributed by atoms with E-state index in [-0.39, 0.29) is 23.0 Å². The summed E-state index contributed by atoms with van der Waals surface area (Å²) in [4.78, 5) is 2.14. The van der Waals surface area contributed by atoms with E-state index in [1.165, 1.54) is 17.7 Å². The Balaban J connectivity index is 1.54. The predicted molar refractivity (Wildman–Crippen MR) is 153 cm³/mol. The standard InChI is InChI=1S/C33H29NO4/c1-21(2)22-3-9-25(10-4-22)34(26-11-5-23(6-12-26)30-17-15-28(35)19-32(30)37)27-13-7-24(8-14-27)31-18-16-29(36)20-33(31)38/h3-21,35-38H,1-2H3. The van der Waals surface area contributed by atoms with Gasteiger partial charge in [0.05, 0.1) is 0 Å². The molecule has 4 N–H and O–H groups in total. The van der Waals surface area contributed by atoms with Crippen LogP contribution in [0.3, 0.4) is 0 Å². The van der Waals surface area contributed by atoms with Crippen molar-refractivity contribution in [2.75, 3.05) is 4.90 Å². The van der Waals surface area contributed by atoms with Crippen LogP contribution in [0.4, 0.5) is 17.1 Å². The molecule has 0 amide bonds. The number of anilines is 3. The fraction of sp³-hybridized carbons (Fsp3) is 0.0909. The van der Waals surface area contributed by atoms with E-state index >= 15 is 0 Å². The van der Waals surface area contributed by atoms with Gasteiger partial charge < -0.3 is 25.3 Å². The molecule has 0 radical (unpaired) electrons. The Kier molecular flexibility index (Phi) is 6.67. The number of phenols is 4. The zero-order valence-corrected chi connectivity index (χ0v) is 21.2. The normalized spacial score (nSPS) is 11.0. The van der Waals surface area contributed by atoms with Gasteiger partial charge in [-0.2, -0.15) is 0 Å². The van der Waals surface area contributed by atoms with Crippen LogP contribution in [0.5, 0.6) is 23.0 Å². The van der Waals surface area contributed by atoms with Gasteiger partial charge >= 0.3 is 0 Å². The lowest BCUT2D eigenvalue weighted by Gasteiger charge is -2.26. The molecule has 0 saturated carbocycles. The van der Waals surface area contributed by atoms with Gasteiger partial charge in [-0.1, -0.05) is 50.2 Å². The van der Waals surface area contributed by atoms with E-state index in [9.17, 15) is 20.4 Å². The van der Waals surface area contributed by atoms with E-state index in [4.69, 9.17) is 0 Å². The third-order valence-corrected chi connectivity index (χ3v) is 6.65. The molecule has 0 saturated heterocycles. The summed E-state index contributed by atoms with van der Waals surface area (Å²) < 4.78 is 0. The molecule has 0 bridgehead atoms. The number of hydrogen-bond acceptors (Lipinski definition) is 5. The van der Waals surface area contributed by atoms with Gasteiger partial charge in [0.25, 0.3) is 0 Å². The van der Waals surface area contributed by atoms with Gasteiger partial charge in [0.2, 0.25) is 0 Å². The third-order valence-electron chi connectivity index (χ3n) is 6.65. The summed E-state index contributed by atoms with van der Waals surface area (Å²) in [7, 11) is 0. The lowest BCUT2D eigenvalue weighted by Crippen LogP contribution is -2.10. The van der Waals surface area contributed by atoms with Crippen molar-refractivity contribution in [3.05, 3.63) is 115 Å². The number of hydrogen-bond donors (Lipinski definition) is 4. The third kappa shape index (κ3) is 5.00. The maximum atomic E-state index is 10.3. The van der Waals surface area contributed by atoms with Crippen molar-refractivity contribution in [1.82, 2.24) is 0 Å². The van der Waals surface area contributed by atoms with E-state index in [1.807, 2.05) is 48.5 Å². The number of phenolic OH excluding ortho intramolecular Hbond substituents is 4. The van der Waals surface area contributed by atoms with Crippen LogP contribution >= 0.6 is 0 Å². The Bertz CT molecular complexity index is 1460. The average Bonchev–Trinajstić information content (AvgIpc) is 2.90. The van der Waals surface area contributed by atoms with Gasteiger partial charge in [-0.3, -0.25) is 0 Å². The first-order valence-electron chi connectivity index (χ1n) is 12.4. The minimum absolute atomic E-state index is 0.0166. The van der Waals surface area contributed by atoms with Gasteiger partial charge in [-0.15, -0.1) is 0 Å². The Labute approximate surface area is 222 Å². The zero-order valence-electron chi connectivity index (χ0n) is 21.2. The van der Waals surface area contributed by atoms with Crippen molar-refractivity contribution in [2.24, 2.45) is 0 Å². The number of rotatable bonds is 6. The Morgan fingerprint density at radius 3 is 1.18 bits per heavy atom. The second-order valence-electron chi connectivity index (χ2n) is 9.58. The zero-order chi connectivity index (χ0) is 26.8. The molecular weight excluding hydrogens is 474 g/mol. The quantitative estimate of drug-likeness (QED) is 0.187. The SMILES string of the molecule is CC(C)c1ccc(N(c2ccc(-c3ccc(O)cc3O)cc2)c2ccc(-c3ccc(O)cc3O)cc2)cc1. The highest BCUT2D eigenvalue weighted by molar-refractivity contribution is 5.81. The van der Waals surface area contributed by atoms with E-state index in [0.717, 1.165) is 28.2 Å². The van der Waals surface area contributed by atoms with E-state index < -0.39 is 0 Å². The van der Waals surface area contributed by atoms with Crippen LogP contribution in [0.15, 0.2) is 109 Å². The summed E-state index contributed by atoms with van der Waals surface area (Å²) in [6, 6.07) is 33.4. The first-order valence-corrected chi connectivity index (χ1v) is 12.4. The summed E-state index contributed by atoms with van der Waals surface area (Å²) in [5.74, 6) is 0.497. The molecule has 190 valence electrons. The Morgan fingerprint density at radius 1 is 0.474 bits per heavy atom. The smallest absolute Gasteiger partial charge is 0.127 e. The fourth-order valence-electron chi connectivity index (χ4n) is 4.56. The topological polar surface area (TPSA) is 84.2 Å². The summed E-state index contributed by atoms with van der Waals surface area (Å²) in [6.07, 6.45) is 0. The molecule has 0 atom stereocenters. The highest BCUT2D eigenvalue weighted by Gasteiger charge is 2.15. The molecule has 0 spiro atoms. The molecule has 0 heterocycles. The molecule has 0 aliphatic rings. The van der Waals surface area contributed by atoms with Gasteiger partial charge in [0, 0.05) is 40.3 Å². The lowest BCUT2D eigenvalue weighted by molar-refractivity contribution is 0.451. The molecule has 0 aliphatic heterocycles. The van der Waals surface area contributed by atoms with Crippen molar-refractivity contribution < 1.29 is 20.4 Å². The van der Waals surface area contributed by atoms with Gasteiger partial charge in [-0.25, -0.2) is 0 Å². The van der Waals surface area contributed by atoms with E-state index in [1.54, 1.807) is 24.3 Å². The van der Waals surface area contributed by atoms with Gasteiger partial charge in [-0.05, 0) is 83.3 Å². The minimum atomic E-state index is 0.0166. The highest BCUT2D eigenvalue weighted by Crippen LogP contribution is 2.39. The van der Waals surface area contributed by atoms with Crippen LogP contribution in [0.25, 0.3) is 22.3 Å². The van der Waals surface area contributed by atoms with Crippen molar-refractivity contribution in [1.29, 1.82) is 0 Å². The van der Waals surface area contributed by atoms with Crippen LogP contribution in [-0.4, -0.2) is 20.4 Å².